The highest BCUT2D eigenvalue weighted by Crippen LogP contribution is 2.47. The van der Waals surface area contributed by atoms with Crippen molar-refractivity contribution in [3.05, 3.63) is 84.7 Å². The third-order valence-electron chi connectivity index (χ3n) is 13.0. The maximum absolute atomic E-state index is 14.7. The number of hydrazine groups is 1. The zero-order valence-corrected chi connectivity index (χ0v) is 36.9. The largest absolute Gasteiger partial charge is 0.508 e. The van der Waals surface area contributed by atoms with Gasteiger partial charge in [0.15, 0.2) is 0 Å². The van der Waals surface area contributed by atoms with Gasteiger partial charge in [-0.3, -0.25) is 34.0 Å². The predicted molar refractivity (Wildman–Crippen MR) is 239 cm³/mol. The molecule has 4 aromatic rings. The molecule has 4 amide bonds. The molecule has 332 valence electrons. The quantitative estimate of drug-likeness (QED) is 0.152. The third kappa shape index (κ3) is 9.09. The van der Waals surface area contributed by atoms with Gasteiger partial charge in [0.25, 0.3) is 5.91 Å². The fraction of sp³-hybridized carbons (Fsp3) is 0.469. The number of rotatable bonds is 8. The number of aromatic nitrogens is 2. The number of aromatic hydroxyl groups is 1. The molecule has 14 nitrogen and oxygen atoms in total. The van der Waals surface area contributed by atoms with Crippen LogP contribution in [-0.2, 0) is 41.6 Å². The van der Waals surface area contributed by atoms with E-state index in [2.05, 4.69) is 65.0 Å². The molecule has 6 bridgehead atoms. The highest BCUT2D eigenvalue weighted by Gasteiger charge is 2.40. The Morgan fingerprint density at radius 1 is 1.03 bits per heavy atom. The number of cyclic esters (lactones) is 1. The first kappa shape index (κ1) is 43.6. The summed E-state index contributed by atoms with van der Waals surface area (Å²) in [4.78, 5) is 76.6. The minimum absolute atomic E-state index is 0.00678. The molecule has 2 aromatic heterocycles. The average molecular weight is 858 g/mol. The average Bonchev–Trinajstić information content (AvgIpc) is 3.90. The number of esters is 1. The van der Waals surface area contributed by atoms with Gasteiger partial charge in [-0.1, -0.05) is 46.4 Å². The number of hydrogen-bond acceptors (Lipinski definition) is 9. The Bertz CT molecular complexity index is 2440. The van der Waals surface area contributed by atoms with E-state index in [4.69, 9.17) is 4.74 Å². The molecule has 0 spiro atoms. The molecule has 2 saturated heterocycles. The summed E-state index contributed by atoms with van der Waals surface area (Å²) in [5.41, 5.74) is 9.18. The van der Waals surface area contributed by atoms with Gasteiger partial charge < -0.3 is 29.5 Å². The molecule has 0 radical (unpaired) electrons. The third-order valence-corrected chi connectivity index (χ3v) is 13.0. The van der Waals surface area contributed by atoms with Gasteiger partial charge in [0.05, 0.1) is 18.2 Å². The smallest absolute Gasteiger partial charge is 0.324 e. The number of nitrogens with zero attached hydrogens (tertiary/aromatic N) is 5. The Kier molecular flexibility index (Phi) is 12.2. The predicted octanol–water partition coefficient (Wildman–Crippen LogP) is 5.58. The molecule has 1 saturated carbocycles. The zero-order valence-electron chi connectivity index (χ0n) is 36.9. The maximum Gasteiger partial charge on any atom is 0.324 e. The Morgan fingerprint density at radius 3 is 2.54 bits per heavy atom. The van der Waals surface area contributed by atoms with Crippen molar-refractivity contribution in [3.63, 3.8) is 0 Å². The van der Waals surface area contributed by atoms with Crippen molar-refractivity contribution in [1.29, 1.82) is 0 Å². The maximum atomic E-state index is 14.7. The lowest BCUT2D eigenvalue weighted by atomic mass is 9.84. The molecule has 3 fully saturated rings. The molecule has 4 aliphatic rings. The fourth-order valence-electron chi connectivity index (χ4n) is 9.76. The van der Waals surface area contributed by atoms with Crippen LogP contribution in [0.2, 0.25) is 0 Å². The fourth-order valence-corrected chi connectivity index (χ4v) is 9.76. The van der Waals surface area contributed by atoms with Crippen molar-refractivity contribution in [2.45, 2.75) is 96.8 Å². The van der Waals surface area contributed by atoms with E-state index >= 15 is 0 Å². The van der Waals surface area contributed by atoms with E-state index in [1.54, 1.807) is 30.3 Å². The van der Waals surface area contributed by atoms with Gasteiger partial charge in [-0.2, -0.15) is 0 Å². The summed E-state index contributed by atoms with van der Waals surface area (Å²) in [7, 11) is 1.59. The van der Waals surface area contributed by atoms with Gasteiger partial charge in [0.2, 0.25) is 17.7 Å². The summed E-state index contributed by atoms with van der Waals surface area (Å²) in [6, 6.07) is 13.1. The molecule has 5 heterocycles. The molecule has 1 aliphatic carbocycles. The number of ether oxygens (including phenoxy) is 1. The van der Waals surface area contributed by atoms with Gasteiger partial charge in [-0.25, -0.2) is 5.43 Å². The standard InChI is InChI=1S/C49H59N7O7/c1-7-42(58)54-19-16-33(27-54)46(60)53(6)43(29(2)3)45(59)51-40-22-30-20-34(23-36(57)21-30)31-12-15-41-37(24-31)38(44(56(41)35-13-14-35)32-10-8-17-50-26-32)25-49(4,5)28-63-48(62)39-11-9-18-55(52-39)47(40)61/h7-8,10,12,15,17,20-21,23-24,26,29,33,35,39-40,43,52,57H,1,9,11,13-14,16,18-19,22,25,27-28H2,2-6H3,(H,51,59)/t33-,39-,40-,43-/m0/s1. The van der Waals surface area contributed by atoms with Crippen molar-refractivity contribution in [1.82, 2.24) is 35.1 Å². The van der Waals surface area contributed by atoms with E-state index in [1.165, 1.54) is 16.0 Å². The first-order valence-corrected chi connectivity index (χ1v) is 22.3. The summed E-state index contributed by atoms with van der Waals surface area (Å²) in [5.74, 6) is -2.77. The van der Waals surface area contributed by atoms with Gasteiger partial charge >= 0.3 is 5.97 Å². The first-order valence-electron chi connectivity index (χ1n) is 22.3. The van der Waals surface area contributed by atoms with Crippen LogP contribution in [-0.4, -0.2) is 110 Å². The Labute approximate surface area is 368 Å². The number of benzene rings is 2. The molecule has 63 heavy (non-hydrogen) atoms. The summed E-state index contributed by atoms with van der Waals surface area (Å²) in [5, 5.41) is 16.7. The van der Waals surface area contributed by atoms with Crippen molar-refractivity contribution in [2.24, 2.45) is 17.3 Å². The lowest BCUT2D eigenvalue weighted by molar-refractivity contribution is -0.155. The lowest BCUT2D eigenvalue weighted by Gasteiger charge is -2.37. The van der Waals surface area contributed by atoms with Gasteiger partial charge in [-0.05, 0) is 109 Å². The highest BCUT2D eigenvalue weighted by atomic mass is 16.5. The molecule has 14 heteroatoms. The number of carbonyl (C=O) groups excluding carboxylic acids is 5. The first-order chi connectivity index (χ1) is 30.1. The summed E-state index contributed by atoms with van der Waals surface area (Å²) in [6.07, 6.45) is 9.09. The minimum atomic E-state index is -1.15. The van der Waals surface area contributed by atoms with Crippen molar-refractivity contribution in [3.8, 4) is 28.1 Å². The summed E-state index contributed by atoms with van der Waals surface area (Å²) in [6.45, 7) is 12.5. The zero-order chi connectivity index (χ0) is 44.7. The Morgan fingerprint density at radius 2 is 1.83 bits per heavy atom. The molecule has 4 atom stereocenters. The van der Waals surface area contributed by atoms with Crippen LogP contribution in [0.4, 0.5) is 0 Å². The number of pyridine rings is 1. The number of amides is 4. The molecule has 2 aromatic carbocycles. The van der Waals surface area contributed by atoms with E-state index in [-0.39, 0.29) is 49.6 Å². The number of hydrogen-bond donors (Lipinski definition) is 3. The van der Waals surface area contributed by atoms with Crippen LogP contribution in [0.5, 0.6) is 5.75 Å². The van der Waals surface area contributed by atoms with Crippen molar-refractivity contribution >= 4 is 40.5 Å². The number of phenolic OH excluding ortho intramolecular Hbond substituents is 1. The number of carbonyl (C=O) groups is 5. The van der Waals surface area contributed by atoms with Gasteiger partial charge in [0.1, 0.15) is 23.9 Å². The number of phenols is 1. The molecule has 8 rings (SSSR count). The van der Waals surface area contributed by atoms with E-state index in [0.717, 1.165) is 51.7 Å². The molecule has 3 aliphatic heterocycles. The van der Waals surface area contributed by atoms with Crippen LogP contribution >= 0.6 is 0 Å². The lowest BCUT2D eigenvalue weighted by Crippen LogP contribution is -2.62. The number of fused-ring (bicyclic) bond motifs is 6. The van der Waals surface area contributed by atoms with Gasteiger partial charge in [-0.15, -0.1) is 0 Å². The molecule has 0 unspecified atom stereocenters. The SMILES string of the molecule is C=CC(=O)N1CC[C@H](C(=O)N(C)[C@H](C(=O)N[C@H]2Cc3cc(O)cc(c3)-c3ccc4c(c3)c(c(-c3cccnc3)n4C3CC3)CC(C)(C)COC(=O)[C@@H]3CCCN(N3)C2=O)C(C)C)C1. The van der Waals surface area contributed by atoms with Crippen LogP contribution in [0.3, 0.4) is 0 Å². The van der Waals surface area contributed by atoms with Crippen LogP contribution in [0.1, 0.15) is 77.0 Å². The van der Waals surface area contributed by atoms with E-state index in [0.29, 0.717) is 43.8 Å². The monoisotopic (exact) mass is 857 g/mol. The number of likely N-dealkylation sites (N-methyl/N-ethyl adjacent to an activating group) is 1. The summed E-state index contributed by atoms with van der Waals surface area (Å²) < 4.78 is 8.52. The Hall–Kier alpha value is -6.02. The highest BCUT2D eigenvalue weighted by molar-refractivity contribution is 5.96. The normalized spacial score (nSPS) is 22.0. The molecule has 3 N–H and O–H groups in total. The summed E-state index contributed by atoms with van der Waals surface area (Å²) >= 11 is 0. The van der Waals surface area contributed by atoms with Crippen LogP contribution < -0.4 is 10.7 Å². The topological polar surface area (TPSA) is 166 Å². The van der Waals surface area contributed by atoms with E-state index < -0.39 is 47.2 Å². The van der Waals surface area contributed by atoms with E-state index in [1.807, 2.05) is 32.2 Å². The number of likely N-dealkylation sites (tertiary alicyclic amines) is 1. The minimum Gasteiger partial charge on any atom is -0.508 e. The van der Waals surface area contributed by atoms with Crippen LogP contribution in [0, 0.1) is 17.3 Å². The molecular formula is C49H59N7O7. The second kappa shape index (κ2) is 17.6. The van der Waals surface area contributed by atoms with Crippen LogP contribution in [0.25, 0.3) is 33.3 Å². The number of nitrogens with one attached hydrogen (secondary N) is 2. The van der Waals surface area contributed by atoms with Crippen molar-refractivity contribution < 1.29 is 33.8 Å². The second-order valence-corrected chi connectivity index (χ2v) is 18.9. The van der Waals surface area contributed by atoms with E-state index in [9.17, 15) is 29.1 Å². The second-order valence-electron chi connectivity index (χ2n) is 18.9. The molecular weight excluding hydrogens is 799 g/mol. The van der Waals surface area contributed by atoms with Crippen molar-refractivity contribution in [2.75, 3.05) is 33.3 Å². The van der Waals surface area contributed by atoms with Crippen LogP contribution in [0.15, 0.2) is 73.6 Å². The van der Waals surface area contributed by atoms with Gasteiger partial charge in [0, 0.05) is 73.4 Å². The Balaban J connectivity index is 1.18.